The maximum Gasteiger partial charge on any atom is 0.261 e. The minimum Gasteiger partial charge on any atom is -0.484 e. The smallest absolute Gasteiger partial charge is 0.261 e. The number of benzene rings is 2. The Hall–Kier alpha value is -2.60. The average Bonchev–Trinajstić information content (AvgIpc) is 3.26. The molecule has 7 heteroatoms. The van der Waals surface area contributed by atoms with Crippen LogP contribution in [0.15, 0.2) is 48.5 Å². The summed E-state index contributed by atoms with van der Waals surface area (Å²) in [5.41, 5.74) is 0.740. The molecule has 5 nitrogen and oxygen atoms in total. The van der Waals surface area contributed by atoms with Gasteiger partial charge in [-0.15, -0.1) is 0 Å². The Morgan fingerprint density at radius 2 is 1.90 bits per heavy atom. The van der Waals surface area contributed by atoms with Crippen LogP contribution in [0.25, 0.3) is 0 Å². The summed E-state index contributed by atoms with van der Waals surface area (Å²) >= 11 is 5.98. The van der Waals surface area contributed by atoms with E-state index in [1.165, 1.54) is 17.0 Å². The summed E-state index contributed by atoms with van der Waals surface area (Å²) in [5, 5.41) is 3.60. The van der Waals surface area contributed by atoms with Crippen LogP contribution in [0.4, 0.5) is 4.39 Å². The van der Waals surface area contributed by atoms with Crippen molar-refractivity contribution in [2.24, 2.45) is 0 Å². The van der Waals surface area contributed by atoms with Gasteiger partial charge in [0.05, 0.1) is 0 Å². The molecule has 0 bridgehead atoms. The lowest BCUT2D eigenvalue weighted by molar-refractivity contribution is -0.143. The fraction of sp³-hybridized carbons (Fsp3) is 0.417. The van der Waals surface area contributed by atoms with Gasteiger partial charge in [-0.2, -0.15) is 0 Å². The number of rotatable bonds is 9. The first-order valence-electron chi connectivity index (χ1n) is 10.7. The van der Waals surface area contributed by atoms with Gasteiger partial charge >= 0.3 is 0 Å². The maximum absolute atomic E-state index is 13.3. The molecule has 2 aromatic rings. The van der Waals surface area contributed by atoms with Crippen LogP contribution in [0.3, 0.4) is 0 Å². The molecule has 2 amide bonds. The van der Waals surface area contributed by atoms with Crippen molar-refractivity contribution in [1.29, 1.82) is 0 Å². The van der Waals surface area contributed by atoms with Crippen LogP contribution in [0.5, 0.6) is 5.75 Å². The third-order valence-corrected chi connectivity index (χ3v) is 5.75. The highest BCUT2D eigenvalue weighted by Gasteiger charge is 2.30. The van der Waals surface area contributed by atoms with Gasteiger partial charge in [-0.05, 0) is 55.2 Å². The maximum atomic E-state index is 13.3. The van der Waals surface area contributed by atoms with Crippen LogP contribution < -0.4 is 10.1 Å². The summed E-state index contributed by atoms with van der Waals surface area (Å²) in [6.45, 7) is 1.84. The highest BCUT2D eigenvalue weighted by atomic mass is 35.5. The van der Waals surface area contributed by atoms with E-state index >= 15 is 0 Å². The summed E-state index contributed by atoms with van der Waals surface area (Å²) < 4.78 is 19.0. The molecule has 0 radical (unpaired) electrons. The largest absolute Gasteiger partial charge is 0.484 e. The molecule has 1 saturated carbocycles. The minimum atomic E-state index is -0.638. The standard InChI is InChI=1S/C24H28ClFN2O3/c1-2-22(24(30)27-20-7-3-4-8-20)28(15-17-10-12-19(26)13-11-17)23(29)16-31-21-9-5-6-18(25)14-21/h5-6,9-14,20,22H,2-4,7-8,15-16H2,1H3,(H,27,30)/t22-/m1/s1. The number of hydrogen-bond acceptors (Lipinski definition) is 3. The SMILES string of the molecule is CC[C@H](C(=O)NC1CCCC1)N(Cc1ccc(F)cc1)C(=O)COc1cccc(Cl)c1. The highest BCUT2D eigenvalue weighted by molar-refractivity contribution is 6.30. The van der Waals surface area contributed by atoms with E-state index in [1.54, 1.807) is 36.4 Å². The third kappa shape index (κ3) is 6.69. The molecule has 0 saturated heterocycles. The normalized spacial score (nSPS) is 14.8. The number of amides is 2. The molecule has 0 spiro atoms. The molecule has 1 aliphatic rings. The first-order chi connectivity index (χ1) is 15.0. The second kappa shape index (κ2) is 11.1. The van der Waals surface area contributed by atoms with E-state index in [2.05, 4.69) is 5.32 Å². The van der Waals surface area contributed by atoms with E-state index < -0.39 is 6.04 Å². The summed E-state index contributed by atoms with van der Waals surface area (Å²) in [7, 11) is 0. The first kappa shape index (κ1) is 23.1. The van der Waals surface area contributed by atoms with Crippen molar-refractivity contribution in [3.8, 4) is 5.75 Å². The molecule has 166 valence electrons. The molecule has 3 rings (SSSR count). The Balaban J connectivity index is 1.75. The Morgan fingerprint density at radius 3 is 2.55 bits per heavy atom. The van der Waals surface area contributed by atoms with E-state index in [0.717, 1.165) is 31.2 Å². The molecule has 31 heavy (non-hydrogen) atoms. The van der Waals surface area contributed by atoms with Crippen LogP contribution in [-0.4, -0.2) is 35.4 Å². The minimum absolute atomic E-state index is 0.159. The number of carbonyl (C=O) groups excluding carboxylic acids is 2. The van der Waals surface area contributed by atoms with Gasteiger partial charge in [-0.25, -0.2) is 4.39 Å². The van der Waals surface area contributed by atoms with E-state index in [9.17, 15) is 14.0 Å². The zero-order valence-corrected chi connectivity index (χ0v) is 18.4. The second-order valence-electron chi connectivity index (χ2n) is 7.81. The quantitative estimate of drug-likeness (QED) is 0.606. The van der Waals surface area contributed by atoms with Gasteiger partial charge in [0.15, 0.2) is 6.61 Å². The second-order valence-corrected chi connectivity index (χ2v) is 8.24. The number of halogens is 2. The van der Waals surface area contributed by atoms with Crippen molar-refractivity contribution >= 4 is 23.4 Å². The predicted octanol–water partition coefficient (Wildman–Crippen LogP) is 4.72. The molecule has 1 N–H and O–H groups in total. The van der Waals surface area contributed by atoms with Crippen LogP contribution >= 0.6 is 11.6 Å². The monoisotopic (exact) mass is 446 g/mol. The van der Waals surface area contributed by atoms with Gasteiger partial charge in [0.1, 0.15) is 17.6 Å². The van der Waals surface area contributed by atoms with Gasteiger partial charge in [-0.1, -0.05) is 49.6 Å². The zero-order chi connectivity index (χ0) is 22.2. The topological polar surface area (TPSA) is 58.6 Å². The molecular formula is C24H28ClFN2O3. The van der Waals surface area contributed by atoms with E-state index in [1.807, 2.05) is 6.92 Å². The Morgan fingerprint density at radius 1 is 1.19 bits per heavy atom. The summed E-state index contributed by atoms with van der Waals surface area (Å²) in [6, 6.07) is 12.3. The number of nitrogens with zero attached hydrogens (tertiary/aromatic N) is 1. The van der Waals surface area contributed by atoms with Crippen LogP contribution in [0, 0.1) is 5.82 Å². The van der Waals surface area contributed by atoms with Crippen LogP contribution in [-0.2, 0) is 16.1 Å². The lowest BCUT2D eigenvalue weighted by atomic mass is 10.1. The van der Waals surface area contributed by atoms with Crippen molar-refractivity contribution < 1.29 is 18.7 Å². The Kier molecular flexibility index (Phi) is 8.29. The van der Waals surface area contributed by atoms with Gasteiger partial charge in [0.2, 0.25) is 5.91 Å². The van der Waals surface area contributed by atoms with Gasteiger partial charge in [-0.3, -0.25) is 9.59 Å². The fourth-order valence-corrected chi connectivity index (χ4v) is 4.04. The molecule has 0 aromatic heterocycles. The van der Waals surface area contributed by atoms with Gasteiger partial charge in [0.25, 0.3) is 5.91 Å². The third-order valence-electron chi connectivity index (χ3n) is 5.51. The summed E-state index contributed by atoms with van der Waals surface area (Å²) in [6.07, 6.45) is 4.60. The Bertz CT molecular complexity index is 885. The molecule has 1 fully saturated rings. The summed E-state index contributed by atoms with van der Waals surface area (Å²) in [4.78, 5) is 27.7. The zero-order valence-electron chi connectivity index (χ0n) is 17.7. The van der Waals surface area contributed by atoms with Crippen molar-refractivity contribution in [2.75, 3.05) is 6.61 Å². The molecule has 0 aliphatic heterocycles. The number of nitrogens with one attached hydrogen (secondary N) is 1. The predicted molar refractivity (Wildman–Crippen MR) is 118 cm³/mol. The van der Waals surface area contributed by atoms with Gasteiger partial charge in [0, 0.05) is 17.6 Å². The molecule has 0 heterocycles. The van der Waals surface area contributed by atoms with E-state index in [0.29, 0.717) is 17.2 Å². The number of carbonyl (C=O) groups is 2. The van der Waals surface area contributed by atoms with Crippen LogP contribution in [0.2, 0.25) is 5.02 Å². The van der Waals surface area contributed by atoms with E-state index in [-0.39, 0.29) is 36.8 Å². The Labute approximate surface area is 187 Å². The van der Waals surface area contributed by atoms with Crippen molar-refractivity contribution in [3.63, 3.8) is 0 Å². The van der Waals surface area contributed by atoms with Crippen LogP contribution in [0.1, 0.15) is 44.6 Å². The van der Waals surface area contributed by atoms with Gasteiger partial charge < -0.3 is 15.0 Å². The van der Waals surface area contributed by atoms with E-state index in [4.69, 9.17) is 16.3 Å². The first-order valence-corrected chi connectivity index (χ1v) is 11.1. The summed E-state index contributed by atoms with van der Waals surface area (Å²) in [5.74, 6) is -0.353. The van der Waals surface area contributed by atoms with Crippen molar-refractivity contribution in [2.45, 2.75) is 57.7 Å². The lowest BCUT2D eigenvalue weighted by Gasteiger charge is -2.31. The highest BCUT2D eigenvalue weighted by Crippen LogP contribution is 2.20. The molecule has 1 atom stereocenters. The lowest BCUT2D eigenvalue weighted by Crippen LogP contribution is -2.52. The number of ether oxygens (including phenoxy) is 1. The van der Waals surface area contributed by atoms with Crippen molar-refractivity contribution in [1.82, 2.24) is 10.2 Å². The molecular weight excluding hydrogens is 419 g/mol. The fourth-order valence-electron chi connectivity index (χ4n) is 3.86. The molecule has 0 unspecified atom stereocenters. The number of hydrogen-bond donors (Lipinski definition) is 1. The molecule has 2 aromatic carbocycles. The molecule has 1 aliphatic carbocycles. The average molecular weight is 447 g/mol. The van der Waals surface area contributed by atoms with Crippen molar-refractivity contribution in [3.05, 3.63) is 64.9 Å².